The highest BCUT2D eigenvalue weighted by Crippen LogP contribution is 2.37. The summed E-state index contributed by atoms with van der Waals surface area (Å²) in [6.45, 7) is 8.31. The molecular formula is C15H19BBrNO2. The summed E-state index contributed by atoms with van der Waals surface area (Å²) >= 11 is 3.64. The topological polar surface area (TPSA) is 23.4 Å². The second kappa shape index (κ2) is 4.36. The molecule has 0 bridgehead atoms. The third-order valence-corrected chi connectivity index (χ3v) is 5.16. The number of halogens is 1. The van der Waals surface area contributed by atoms with E-state index < -0.39 is 0 Å². The maximum atomic E-state index is 6.17. The molecule has 0 spiro atoms. The van der Waals surface area contributed by atoms with Crippen LogP contribution in [0, 0.1) is 0 Å². The fourth-order valence-corrected chi connectivity index (χ4v) is 3.17. The molecule has 1 aromatic carbocycles. The summed E-state index contributed by atoms with van der Waals surface area (Å²) in [5.41, 5.74) is 1.61. The number of hydrogen-bond donors (Lipinski definition) is 0. The zero-order valence-electron chi connectivity index (χ0n) is 12.5. The minimum absolute atomic E-state index is 0.318. The van der Waals surface area contributed by atoms with Crippen molar-refractivity contribution in [1.29, 1.82) is 0 Å². The van der Waals surface area contributed by atoms with Gasteiger partial charge < -0.3 is 13.9 Å². The maximum Gasteiger partial charge on any atom is 0.497 e. The SMILES string of the molecule is Cn1cc(B2OC(C)(C)C(C)(C)O2)c2c(Br)cccc21. The number of benzene rings is 1. The molecule has 3 rings (SSSR count). The van der Waals surface area contributed by atoms with Crippen LogP contribution in [0.25, 0.3) is 10.9 Å². The molecule has 0 N–H and O–H groups in total. The zero-order chi connectivity index (χ0) is 14.7. The van der Waals surface area contributed by atoms with E-state index in [0.29, 0.717) is 0 Å². The van der Waals surface area contributed by atoms with E-state index in [1.54, 1.807) is 0 Å². The quantitative estimate of drug-likeness (QED) is 0.747. The van der Waals surface area contributed by atoms with Crippen LogP contribution in [-0.4, -0.2) is 22.9 Å². The second-order valence-electron chi connectivity index (χ2n) is 6.42. The lowest BCUT2D eigenvalue weighted by Gasteiger charge is -2.32. The highest BCUT2D eigenvalue weighted by atomic mass is 79.9. The Labute approximate surface area is 128 Å². The lowest BCUT2D eigenvalue weighted by molar-refractivity contribution is 0.00578. The van der Waals surface area contributed by atoms with Crippen molar-refractivity contribution in [3.8, 4) is 0 Å². The van der Waals surface area contributed by atoms with Gasteiger partial charge in [0.2, 0.25) is 0 Å². The molecule has 2 aromatic rings. The molecule has 0 saturated carbocycles. The number of aryl methyl sites for hydroxylation is 1. The van der Waals surface area contributed by atoms with E-state index in [2.05, 4.69) is 66.5 Å². The van der Waals surface area contributed by atoms with Gasteiger partial charge in [0.05, 0.1) is 11.2 Å². The lowest BCUT2D eigenvalue weighted by atomic mass is 9.79. The van der Waals surface area contributed by atoms with Crippen LogP contribution in [0.5, 0.6) is 0 Å². The summed E-state index contributed by atoms with van der Waals surface area (Å²) in [7, 11) is 1.71. The number of fused-ring (bicyclic) bond motifs is 1. The Morgan fingerprint density at radius 3 is 2.30 bits per heavy atom. The summed E-state index contributed by atoms with van der Waals surface area (Å²) in [5, 5.41) is 1.16. The van der Waals surface area contributed by atoms with Crippen molar-refractivity contribution in [3.05, 3.63) is 28.9 Å². The molecule has 0 amide bonds. The average molecular weight is 336 g/mol. The first-order chi connectivity index (χ1) is 9.23. The van der Waals surface area contributed by atoms with Crippen molar-refractivity contribution in [2.45, 2.75) is 38.9 Å². The van der Waals surface area contributed by atoms with Crippen LogP contribution in [0.15, 0.2) is 28.9 Å². The summed E-state index contributed by atoms with van der Waals surface area (Å²) in [5.74, 6) is 0. The third-order valence-electron chi connectivity index (χ3n) is 4.50. The normalized spacial score (nSPS) is 20.8. The van der Waals surface area contributed by atoms with Gasteiger partial charge in [0.1, 0.15) is 0 Å². The predicted molar refractivity (Wildman–Crippen MR) is 86.3 cm³/mol. The highest BCUT2D eigenvalue weighted by molar-refractivity contribution is 9.10. The predicted octanol–water partition coefficient (Wildman–Crippen LogP) is 3.24. The minimum atomic E-state index is -0.331. The molecule has 3 nitrogen and oxygen atoms in total. The molecule has 0 unspecified atom stereocenters. The molecule has 5 heteroatoms. The van der Waals surface area contributed by atoms with Gasteiger partial charge in [0.25, 0.3) is 0 Å². The van der Waals surface area contributed by atoms with E-state index in [0.717, 1.165) is 15.3 Å². The Hall–Kier alpha value is -0.775. The van der Waals surface area contributed by atoms with E-state index in [1.165, 1.54) is 5.52 Å². The summed E-state index contributed by atoms with van der Waals surface area (Å²) in [6, 6.07) is 6.20. The molecule has 1 fully saturated rings. The van der Waals surface area contributed by atoms with Gasteiger partial charge in [0.15, 0.2) is 0 Å². The van der Waals surface area contributed by atoms with Crippen molar-refractivity contribution in [3.63, 3.8) is 0 Å². The Kier molecular flexibility index (Phi) is 3.09. The molecular weight excluding hydrogens is 317 g/mol. The molecule has 2 heterocycles. The number of rotatable bonds is 1. The van der Waals surface area contributed by atoms with Crippen molar-refractivity contribution in [2.24, 2.45) is 7.05 Å². The van der Waals surface area contributed by atoms with Gasteiger partial charge in [-0.05, 0) is 39.8 Å². The van der Waals surface area contributed by atoms with Gasteiger partial charge >= 0.3 is 7.12 Å². The van der Waals surface area contributed by atoms with Gasteiger partial charge in [-0.15, -0.1) is 0 Å². The number of nitrogens with zero attached hydrogens (tertiary/aromatic N) is 1. The first-order valence-electron chi connectivity index (χ1n) is 6.82. The largest absolute Gasteiger partial charge is 0.497 e. The molecule has 20 heavy (non-hydrogen) atoms. The average Bonchev–Trinajstić information content (AvgIpc) is 2.76. The van der Waals surface area contributed by atoms with E-state index in [1.807, 2.05) is 13.1 Å². The van der Waals surface area contributed by atoms with Crippen LogP contribution in [0.2, 0.25) is 0 Å². The van der Waals surface area contributed by atoms with Gasteiger partial charge in [-0.3, -0.25) is 0 Å². The van der Waals surface area contributed by atoms with Gasteiger partial charge in [-0.1, -0.05) is 22.0 Å². The third kappa shape index (κ3) is 1.95. The first-order valence-corrected chi connectivity index (χ1v) is 7.61. The molecule has 1 aliphatic heterocycles. The van der Waals surface area contributed by atoms with Gasteiger partial charge in [0, 0.05) is 34.1 Å². The summed E-state index contributed by atoms with van der Waals surface area (Å²) < 4.78 is 15.5. The molecule has 1 saturated heterocycles. The smallest absolute Gasteiger partial charge is 0.399 e. The van der Waals surface area contributed by atoms with Crippen LogP contribution in [0.4, 0.5) is 0 Å². The lowest BCUT2D eigenvalue weighted by Crippen LogP contribution is -2.41. The Balaban J connectivity index is 2.13. The summed E-state index contributed by atoms with van der Waals surface area (Å²) in [6.07, 6.45) is 2.09. The molecule has 0 radical (unpaired) electrons. The van der Waals surface area contributed by atoms with Crippen molar-refractivity contribution in [1.82, 2.24) is 4.57 Å². The van der Waals surface area contributed by atoms with E-state index in [9.17, 15) is 0 Å². The van der Waals surface area contributed by atoms with E-state index in [4.69, 9.17) is 9.31 Å². The molecule has 1 aliphatic rings. The highest BCUT2D eigenvalue weighted by Gasteiger charge is 2.52. The monoisotopic (exact) mass is 335 g/mol. The fraction of sp³-hybridized carbons (Fsp3) is 0.467. The Morgan fingerprint density at radius 1 is 1.10 bits per heavy atom. The fourth-order valence-electron chi connectivity index (χ4n) is 2.58. The molecule has 0 aliphatic carbocycles. The van der Waals surface area contributed by atoms with Crippen LogP contribution >= 0.6 is 15.9 Å². The van der Waals surface area contributed by atoms with Gasteiger partial charge in [-0.2, -0.15) is 0 Å². The number of aromatic nitrogens is 1. The van der Waals surface area contributed by atoms with Crippen molar-refractivity contribution < 1.29 is 9.31 Å². The Bertz CT molecular complexity index is 662. The van der Waals surface area contributed by atoms with E-state index >= 15 is 0 Å². The standard InChI is InChI=1S/C15H19BBrNO2/c1-14(2)15(3,4)20-16(19-14)10-9-18(5)12-8-6-7-11(17)13(10)12/h6-9H,1-5H3. The molecule has 1 aromatic heterocycles. The van der Waals surface area contributed by atoms with Crippen LogP contribution in [0.3, 0.4) is 0 Å². The van der Waals surface area contributed by atoms with Gasteiger partial charge in [-0.25, -0.2) is 0 Å². The van der Waals surface area contributed by atoms with E-state index in [-0.39, 0.29) is 18.3 Å². The Morgan fingerprint density at radius 2 is 1.70 bits per heavy atom. The van der Waals surface area contributed by atoms with Crippen molar-refractivity contribution in [2.75, 3.05) is 0 Å². The minimum Gasteiger partial charge on any atom is -0.399 e. The van der Waals surface area contributed by atoms with Crippen molar-refractivity contribution >= 4 is 39.4 Å². The maximum absolute atomic E-state index is 6.17. The summed E-state index contributed by atoms with van der Waals surface area (Å²) in [4.78, 5) is 0. The second-order valence-corrected chi connectivity index (χ2v) is 7.27. The van der Waals surface area contributed by atoms with Crippen LogP contribution in [0.1, 0.15) is 27.7 Å². The molecule has 106 valence electrons. The molecule has 0 atom stereocenters. The zero-order valence-corrected chi connectivity index (χ0v) is 14.1. The van der Waals surface area contributed by atoms with Crippen LogP contribution in [-0.2, 0) is 16.4 Å². The van der Waals surface area contributed by atoms with Crippen LogP contribution < -0.4 is 5.46 Å². The first kappa shape index (κ1) is 14.2. The number of hydrogen-bond acceptors (Lipinski definition) is 2.